The fourth-order valence-electron chi connectivity index (χ4n) is 4.20. The summed E-state index contributed by atoms with van der Waals surface area (Å²) < 4.78 is 20.6. The van der Waals surface area contributed by atoms with E-state index in [4.69, 9.17) is 15.6 Å². The molecule has 150 valence electrons. The first kappa shape index (κ1) is 19.3. The van der Waals surface area contributed by atoms with E-state index < -0.39 is 0 Å². The Morgan fingerprint density at radius 1 is 1.28 bits per heavy atom. The zero-order valence-electron chi connectivity index (χ0n) is 16.4. The molecule has 0 fully saturated rings. The van der Waals surface area contributed by atoms with Crippen molar-refractivity contribution in [3.8, 4) is 16.9 Å². The smallest absolute Gasteiger partial charge is 0.337 e. The summed E-state index contributed by atoms with van der Waals surface area (Å²) in [5.41, 5.74) is 11.1. The summed E-state index contributed by atoms with van der Waals surface area (Å²) in [6.45, 7) is 0.603. The lowest BCUT2D eigenvalue weighted by Gasteiger charge is -2.24. The lowest BCUT2D eigenvalue weighted by atomic mass is 9.82. The van der Waals surface area contributed by atoms with E-state index in [0.29, 0.717) is 18.0 Å². The number of esters is 1. The van der Waals surface area contributed by atoms with Crippen molar-refractivity contribution in [1.29, 1.82) is 0 Å². The molecule has 0 saturated carbocycles. The van der Waals surface area contributed by atoms with Crippen LogP contribution in [0.5, 0.6) is 0 Å². The third kappa shape index (κ3) is 3.68. The number of aromatic nitrogens is 2. The Hall–Kier alpha value is -2.99. The van der Waals surface area contributed by atoms with Crippen molar-refractivity contribution in [3.05, 3.63) is 71.2 Å². The molecular weight excluding hydrogens is 369 g/mol. The molecule has 1 heterocycles. The monoisotopic (exact) mass is 393 g/mol. The highest BCUT2D eigenvalue weighted by molar-refractivity contribution is 5.89. The maximum Gasteiger partial charge on any atom is 0.337 e. The zero-order chi connectivity index (χ0) is 20.4. The van der Waals surface area contributed by atoms with E-state index >= 15 is 0 Å². The Bertz CT molecular complexity index is 1030. The predicted octanol–water partition coefficient (Wildman–Crippen LogP) is 4.23. The van der Waals surface area contributed by atoms with E-state index in [-0.39, 0.29) is 11.8 Å². The minimum absolute atomic E-state index is 0.278. The van der Waals surface area contributed by atoms with E-state index in [1.54, 1.807) is 18.2 Å². The maximum absolute atomic E-state index is 13.9. The fourth-order valence-corrected chi connectivity index (χ4v) is 4.20. The number of hydrogen-bond donors (Lipinski definition) is 1. The number of ether oxygens (including phenoxy) is 1. The summed E-state index contributed by atoms with van der Waals surface area (Å²) in [4.78, 5) is 11.7. The van der Waals surface area contributed by atoms with Gasteiger partial charge in [0.1, 0.15) is 5.82 Å². The second-order valence-corrected chi connectivity index (χ2v) is 7.34. The minimum Gasteiger partial charge on any atom is -0.465 e. The van der Waals surface area contributed by atoms with Gasteiger partial charge in [0.25, 0.3) is 0 Å². The Morgan fingerprint density at radius 3 is 2.76 bits per heavy atom. The quantitative estimate of drug-likeness (QED) is 0.659. The molecule has 1 atom stereocenters. The molecule has 2 aromatic carbocycles. The number of carbonyl (C=O) groups excluding carboxylic acids is 1. The number of halogens is 1. The van der Waals surface area contributed by atoms with Crippen LogP contribution < -0.4 is 5.73 Å². The van der Waals surface area contributed by atoms with Gasteiger partial charge in [-0.3, -0.25) is 0 Å². The van der Waals surface area contributed by atoms with Gasteiger partial charge in [-0.15, -0.1) is 0 Å². The molecule has 0 saturated heterocycles. The largest absolute Gasteiger partial charge is 0.465 e. The number of methoxy groups -OCH3 is 1. The molecule has 4 rings (SSSR count). The van der Waals surface area contributed by atoms with Crippen molar-refractivity contribution >= 4 is 5.97 Å². The van der Waals surface area contributed by atoms with E-state index in [1.807, 2.05) is 22.9 Å². The Kier molecular flexibility index (Phi) is 5.45. The number of nitrogens with two attached hydrogens (primary N) is 1. The van der Waals surface area contributed by atoms with Gasteiger partial charge in [0.2, 0.25) is 0 Å². The van der Waals surface area contributed by atoms with Crippen molar-refractivity contribution in [2.24, 2.45) is 5.73 Å². The van der Waals surface area contributed by atoms with Crippen LogP contribution in [0.25, 0.3) is 16.9 Å². The van der Waals surface area contributed by atoms with Gasteiger partial charge >= 0.3 is 5.97 Å². The number of rotatable bonds is 5. The van der Waals surface area contributed by atoms with Gasteiger partial charge in [0.05, 0.1) is 24.1 Å². The second kappa shape index (κ2) is 8.17. The lowest BCUT2D eigenvalue weighted by Crippen LogP contribution is -2.15. The molecular formula is C23H24FN3O2. The topological polar surface area (TPSA) is 70.1 Å². The normalized spacial score (nSPS) is 15.8. The van der Waals surface area contributed by atoms with Gasteiger partial charge in [-0.25, -0.2) is 13.9 Å². The first-order chi connectivity index (χ1) is 14.1. The summed E-state index contributed by atoms with van der Waals surface area (Å²) in [6, 6.07) is 13.8. The number of fused-ring (bicyclic) bond motifs is 1. The minimum atomic E-state index is -0.373. The molecule has 2 N–H and O–H groups in total. The van der Waals surface area contributed by atoms with Gasteiger partial charge in [-0.05, 0) is 74.5 Å². The molecule has 1 aliphatic rings. The van der Waals surface area contributed by atoms with E-state index in [9.17, 15) is 9.18 Å². The molecule has 1 unspecified atom stereocenters. The molecule has 1 aromatic heterocycles. The lowest BCUT2D eigenvalue weighted by molar-refractivity contribution is 0.0600. The summed E-state index contributed by atoms with van der Waals surface area (Å²) >= 11 is 0. The Balaban J connectivity index is 1.85. The molecule has 0 amide bonds. The van der Waals surface area contributed by atoms with Crippen molar-refractivity contribution in [2.45, 2.75) is 31.6 Å². The number of nitrogens with zero attached hydrogens (tertiary/aromatic N) is 2. The summed E-state index contributed by atoms with van der Waals surface area (Å²) in [7, 11) is 1.36. The summed E-state index contributed by atoms with van der Waals surface area (Å²) in [5.74, 6) is -0.341. The predicted molar refractivity (Wildman–Crippen MR) is 110 cm³/mol. The van der Waals surface area contributed by atoms with Crippen LogP contribution in [0.15, 0.2) is 48.5 Å². The van der Waals surface area contributed by atoms with Gasteiger partial charge in [0, 0.05) is 16.8 Å². The van der Waals surface area contributed by atoms with Crippen LogP contribution in [0.2, 0.25) is 0 Å². The highest BCUT2D eigenvalue weighted by Crippen LogP contribution is 2.41. The van der Waals surface area contributed by atoms with Crippen molar-refractivity contribution in [2.75, 3.05) is 13.7 Å². The first-order valence-electron chi connectivity index (χ1n) is 9.89. The number of hydrogen-bond acceptors (Lipinski definition) is 4. The molecule has 1 aliphatic carbocycles. The van der Waals surface area contributed by atoms with Crippen LogP contribution in [-0.2, 0) is 11.2 Å². The standard InChI is InChI=1S/C23H24FN3O2/c1-29-23(28)16-8-10-19(11-9-16)27-20-7-3-4-15(12-13-25)21(20)22(26-27)17-5-2-6-18(24)14-17/h2,5-6,8-11,14-15H,3-4,7,12-13,25H2,1H3. The van der Waals surface area contributed by atoms with Gasteiger partial charge < -0.3 is 10.5 Å². The van der Waals surface area contributed by atoms with Gasteiger partial charge in [-0.2, -0.15) is 5.10 Å². The van der Waals surface area contributed by atoms with Crippen LogP contribution in [0.1, 0.15) is 46.8 Å². The Morgan fingerprint density at radius 2 is 2.07 bits per heavy atom. The van der Waals surface area contributed by atoms with Crippen LogP contribution in [0.4, 0.5) is 4.39 Å². The third-order valence-electron chi connectivity index (χ3n) is 5.54. The maximum atomic E-state index is 13.9. The van der Waals surface area contributed by atoms with Crippen molar-refractivity contribution in [3.63, 3.8) is 0 Å². The van der Waals surface area contributed by atoms with Crippen molar-refractivity contribution < 1.29 is 13.9 Å². The molecule has 29 heavy (non-hydrogen) atoms. The summed E-state index contributed by atoms with van der Waals surface area (Å²) in [5, 5.41) is 4.89. The van der Waals surface area contributed by atoms with Gasteiger partial charge in [-0.1, -0.05) is 12.1 Å². The zero-order valence-corrected chi connectivity index (χ0v) is 16.4. The average molecular weight is 393 g/mol. The fraction of sp³-hybridized carbons (Fsp3) is 0.304. The number of carbonyl (C=O) groups is 1. The highest BCUT2D eigenvalue weighted by atomic mass is 19.1. The molecule has 0 aliphatic heterocycles. The molecule has 3 aromatic rings. The third-order valence-corrected chi connectivity index (χ3v) is 5.54. The number of benzene rings is 2. The van der Waals surface area contributed by atoms with Crippen LogP contribution in [0, 0.1) is 5.82 Å². The van der Waals surface area contributed by atoms with Crippen molar-refractivity contribution in [1.82, 2.24) is 9.78 Å². The summed E-state index contributed by atoms with van der Waals surface area (Å²) in [6.07, 6.45) is 3.89. The molecule has 0 bridgehead atoms. The average Bonchev–Trinajstić information content (AvgIpc) is 3.14. The van der Waals surface area contributed by atoms with E-state index in [2.05, 4.69) is 0 Å². The van der Waals surface area contributed by atoms with Crippen LogP contribution >= 0.6 is 0 Å². The van der Waals surface area contributed by atoms with Crippen LogP contribution in [0.3, 0.4) is 0 Å². The molecule has 5 nitrogen and oxygen atoms in total. The van der Waals surface area contributed by atoms with E-state index in [1.165, 1.54) is 24.8 Å². The SMILES string of the molecule is COC(=O)c1ccc(-n2nc(-c3cccc(F)c3)c3c2CCCC3CCN)cc1. The first-order valence-corrected chi connectivity index (χ1v) is 9.89. The highest BCUT2D eigenvalue weighted by Gasteiger charge is 2.29. The second-order valence-electron chi connectivity index (χ2n) is 7.34. The Labute approximate surface area is 169 Å². The molecule has 0 radical (unpaired) electrons. The van der Waals surface area contributed by atoms with Crippen LogP contribution in [-0.4, -0.2) is 29.4 Å². The van der Waals surface area contributed by atoms with E-state index in [0.717, 1.165) is 48.3 Å². The molecule has 0 spiro atoms. The van der Waals surface area contributed by atoms with Gasteiger partial charge in [0.15, 0.2) is 0 Å². The molecule has 6 heteroatoms.